The van der Waals surface area contributed by atoms with Gasteiger partial charge in [-0.15, -0.1) is 0 Å². The highest BCUT2D eigenvalue weighted by atomic mass is 19.1. The summed E-state index contributed by atoms with van der Waals surface area (Å²) in [5, 5.41) is 2.14. The first-order valence-corrected chi connectivity index (χ1v) is 6.53. The van der Waals surface area contributed by atoms with Gasteiger partial charge in [-0.2, -0.15) is 0 Å². The molecule has 0 bridgehead atoms. The van der Waals surface area contributed by atoms with Gasteiger partial charge < -0.3 is 4.74 Å². The highest BCUT2D eigenvalue weighted by molar-refractivity contribution is 6.30. The smallest absolute Gasteiger partial charge is 0.335 e. The van der Waals surface area contributed by atoms with Gasteiger partial charge in [-0.1, -0.05) is 6.42 Å². The molecule has 1 N–H and O–H groups in total. The zero-order chi connectivity index (χ0) is 15.2. The van der Waals surface area contributed by atoms with E-state index in [0.717, 1.165) is 12.5 Å². The first-order valence-electron chi connectivity index (χ1n) is 6.53. The van der Waals surface area contributed by atoms with Gasteiger partial charge in [0.15, 0.2) is 0 Å². The number of ether oxygens (including phenoxy) is 1. The summed E-state index contributed by atoms with van der Waals surface area (Å²) in [5.74, 6) is -1.69. The molecule has 1 saturated carbocycles. The fraction of sp³-hybridized carbons (Fsp3) is 0.357. The van der Waals surface area contributed by atoms with Crippen LogP contribution in [0.3, 0.4) is 0 Å². The van der Waals surface area contributed by atoms with Gasteiger partial charge in [0.05, 0.1) is 12.8 Å². The number of barbiturate groups is 1. The molecule has 110 valence electrons. The molecule has 2 aliphatic rings. The van der Waals surface area contributed by atoms with Gasteiger partial charge in [0.2, 0.25) is 5.91 Å². The lowest BCUT2D eigenvalue weighted by Crippen LogP contribution is -2.66. The van der Waals surface area contributed by atoms with Crippen molar-refractivity contribution in [3.05, 3.63) is 24.0 Å². The highest BCUT2D eigenvalue weighted by Gasteiger charge is 2.58. The van der Waals surface area contributed by atoms with Crippen LogP contribution in [0, 0.1) is 11.2 Å². The number of carbonyl (C=O) groups excluding carboxylic acids is 3. The lowest BCUT2D eigenvalue weighted by molar-refractivity contribution is -0.148. The Hall–Kier alpha value is -2.44. The standard InChI is InChI=1S/C14H13FN2O4/c1-21-8-3-4-9(15)10(7-8)17-12(19)14(5-2-6-14)11(18)16-13(17)20/h3-4,7H,2,5-6H2,1H3,(H,16,18,20). The molecule has 3 rings (SSSR count). The van der Waals surface area contributed by atoms with Crippen LogP contribution < -0.4 is 15.0 Å². The molecule has 2 fully saturated rings. The molecule has 1 heterocycles. The third-order valence-corrected chi connectivity index (χ3v) is 4.07. The van der Waals surface area contributed by atoms with Crippen LogP contribution in [0.25, 0.3) is 0 Å². The summed E-state index contributed by atoms with van der Waals surface area (Å²) in [5.41, 5.74) is -1.45. The highest BCUT2D eigenvalue weighted by Crippen LogP contribution is 2.45. The quantitative estimate of drug-likeness (QED) is 0.840. The third-order valence-electron chi connectivity index (χ3n) is 4.07. The maximum absolute atomic E-state index is 14.0. The van der Waals surface area contributed by atoms with E-state index in [1.807, 2.05) is 0 Å². The van der Waals surface area contributed by atoms with Crippen molar-refractivity contribution >= 4 is 23.5 Å². The van der Waals surface area contributed by atoms with Gasteiger partial charge in [-0.25, -0.2) is 14.1 Å². The molecular formula is C14H13FN2O4. The Morgan fingerprint density at radius 1 is 1.29 bits per heavy atom. The molecule has 0 unspecified atom stereocenters. The molecule has 0 aromatic heterocycles. The number of urea groups is 1. The van der Waals surface area contributed by atoms with Gasteiger partial charge in [0, 0.05) is 6.07 Å². The summed E-state index contributed by atoms with van der Waals surface area (Å²) in [6, 6.07) is 2.82. The first kappa shape index (κ1) is 13.5. The zero-order valence-corrected chi connectivity index (χ0v) is 11.3. The number of hydrogen-bond donors (Lipinski definition) is 1. The van der Waals surface area contributed by atoms with Crippen molar-refractivity contribution in [3.63, 3.8) is 0 Å². The number of carbonyl (C=O) groups is 3. The van der Waals surface area contributed by atoms with Gasteiger partial charge in [-0.3, -0.25) is 14.9 Å². The second-order valence-electron chi connectivity index (χ2n) is 5.15. The van der Waals surface area contributed by atoms with Crippen molar-refractivity contribution in [2.45, 2.75) is 19.3 Å². The molecule has 0 atom stereocenters. The largest absolute Gasteiger partial charge is 0.497 e. The van der Waals surface area contributed by atoms with E-state index in [1.165, 1.54) is 19.2 Å². The van der Waals surface area contributed by atoms with Crippen molar-refractivity contribution in [1.82, 2.24) is 5.32 Å². The third kappa shape index (κ3) is 1.80. The van der Waals surface area contributed by atoms with E-state index in [9.17, 15) is 18.8 Å². The number of nitrogens with one attached hydrogen (secondary N) is 1. The predicted octanol–water partition coefficient (Wildman–Crippen LogP) is 1.59. The Balaban J connectivity index is 2.06. The lowest BCUT2D eigenvalue weighted by atomic mass is 9.66. The number of imide groups is 2. The minimum Gasteiger partial charge on any atom is -0.497 e. The van der Waals surface area contributed by atoms with Crippen LogP contribution in [0.15, 0.2) is 18.2 Å². The van der Waals surface area contributed by atoms with E-state index in [2.05, 4.69) is 5.32 Å². The summed E-state index contributed by atoms with van der Waals surface area (Å²) < 4.78 is 19.0. The topological polar surface area (TPSA) is 75.7 Å². The SMILES string of the molecule is COc1ccc(F)c(N2C(=O)NC(=O)C3(CCC3)C2=O)c1. The maximum atomic E-state index is 14.0. The van der Waals surface area contributed by atoms with Gasteiger partial charge >= 0.3 is 6.03 Å². The minimum atomic E-state index is -1.23. The summed E-state index contributed by atoms with van der Waals surface area (Å²) >= 11 is 0. The van der Waals surface area contributed by atoms with E-state index in [0.29, 0.717) is 23.5 Å². The van der Waals surface area contributed by atoms with Crippen molar-refractivity contribution < 1.29 is 23.5 Å². The van der Waals surface area contributed by atoms with Crippen molar-refractivity contribution in [3.8, 4) is 5.75 Å². The number of amides is 4. The summed E-state index contributed by atoms with van der Waals surface area (Å²) in [7, 11) is 1.39. The fourth-order valence-electron chi connectivity index (χ4n) is 2.66. The van der Waals surface area contributed by atoms with Crippen LogP contribution in [0.5, 0.6) is 5.75 Å². The van der Waals surface area contributed by atoms with Gasteiger partial charge in [0.1, 0.15) is 17.0 Å². The predicted molar refractivity (Wildman–Crippen MR) is 70.3 cm³/mol. The molecule has 21 heavy (non-hydrogen) atoms. The molecule has 1 aliphatic carbocycles. The number of halogens is 1. The second kappa shape index (κ2) is 4.54. The zero-order valence-electron chi connectivity index (χ0n) is 11.3. The van der Waals surface area contributed by atoms with E-state index in [4.69, 9.17) is 4.74 Å². The Labute approximate surface area is 119 Å². The molecule has 1 aromatic rings. The van der Waals surface area contributed by atoms with Crippen molar-refractivity contribution in [2.75, 3.05) is 12.0 Å². The Bertz CT molecular complexity index is 654. The Morgan fingerprint density at radius 3 is 2.57 bits per heavy atom. The van der Waals surface area contributed by atoms with Crippen LogP contribution >= 0.6 is 0 Å². The molecule has 1 saturated heterocycles. The molecule has 1 spiro atoms. The van der Waals surface area contributed by atoms with Crippen LogP contribution in [-0.4, -0.2) is 25.0 Å². The number of rotatable bonds is 2. The first-order chi connectivity index (χ1) is 9.99. The maximum Gasteiger partial charge on any atom is 0.335 e. The average Bonchev–Trinajstić information content (AvgIpc) is 2.38. The van der Waals surface area contributed by atoms with E-state index in [1.54, 1.807) is 0 Å². The number of nitrogens with zero attached hydrogens (tertiary/aromatic N) is 1. The molecular weight excluding hydrogens is 279 g/mol. The monoisotopic (exact) mass is 292 g/mol. The number of methoxy groups -OCH3 is 1. The minimum absolute atomic E-state index is 0.212. The summed E-state index contributed by atoms with van der Waals surface area (Å²) in [4.78, 5) is 37.1. The lowest BCUT2D eigenvalue weighted by Gasteiger charge is -2.44. The van der Waals surface area contributed by atoms with Gasteiger partial charge in [0.25, 0.3) is 5.91 Å². The van der Waals surface area contributed by atoms with Crippen molar-refractivity contribution in [2.24, 2.45) is 5.41 Å². The van der Waals surface area contributed by atoms with Gasteiger partial charge in [-0.05, 0) is 25.0 Å². The van der Waals surface area contributed by atoms with E-state index < -0.39 is 29.1 Å². The number of benzene rings is 1. The molecule has 6 nitrogen and oxygen atoms in total. The Morgan fingerprint density at radius 2 is 2.00 bits per heavy atom. The molecule has 4 amide bonds. The Kier molecular flexibility index (Phi) is 2.93. The average molecular weight is 292 g/mol. The number of hydrogen-bond acceptors (Lipinski definition) is 4. The number of anilines is 1. The van der Waals surface area contributed by atoms with E-state index in [-0.39, 0.29) is 5.69 Å². The summed E-state index contributed by atoms with van der Waals surface area (Å²) in [6.07, 6.45) is 1.46. The molecule has 0 radical (unpaired) electrons. The summed E-state index contributed by atoms with van der Waals surface area (Å²) in [6.45, 7) is 0. The van der Waals surface area contributed by atoms with Crippen LogP contribution in [0.1, 0.15) is 19.3 Å². The molecule has 7 heteroatoms. The fourth-order valence-corrected chi connectivity index (χ4v) is 2.66. The van der Waals surface area contributed by atoms with Crippen LogP contribution in [-0.2, 0) is 9.59 Å². The molecule has 1 aliphatic heterocycles. The van der Waals surface area contributed by atoms with Crippen molar-refractivity contribution in [1.29, 1.82) is 0 Å². The van der Waals surface area contributed by atoms with Crippen LogP contribution in [0.4, 0.5) is 14.9 Å². The molecule has 1 aromatic carbocycles. The van der Waals surface area contributed by atoms with Crippen LogP contribution in [0.2, 0.25) is 0 Å². The second-order valence-corrected chi connectivity index (χ2v) is 5.15. The normalized spacial score (nSPS) is 20.3. The van der Waals surface area contributed by atoms with E-state index >= 15 is 0 Å².